The third-order valence-corrected chi connectivity index (χ3v) is 4.53. The topological polar surface area (TPSA) is 51.1 Å². The van der Waals surface area contributed by atoms with Crippen LogP contribution < -0.4 is 0 Å². The van der Waals surface area contributed by atoms with E-state index in [4.69, 9.17) is 4.84 Å². The van der Waals surface area contributed by atoms with Gasteiger partial charge in [-0.2, -0.15) is 18.2 Å². The van der Waals surface area contributed by atoms with Gasteiger partial charge in [-0.1, -0.05) is 30.3 Å². The molecule has 1 aliphatic heterocycles. The highest BCUT2D eigenvalue weighted by molar-refractivity contribution is 5.92. The number of hydrogen-bond donors (Lipinski definition) is 0. The Morgan fingerprint density at radius 1 is 1.15 bits per heavy atom. The van der Waals surface area contributed by atoms with E-state index in [-0.39, 0.29) is 5.76 Å². The molecule has 2 rings (SSSR count). The average Bonchev–Trinajstić information content (AvgIpc) is 2.74. The number of carbonyl (C=O) groups excluding carboxylic acids is 1. The number of hydrogen-bond acceptors (Lipinski definition) is 5. The Morgan fingerprint density at radius 2 is 1.73 bits per heavy atom. The van der Waals surface area contributed by atoms with Gasteiger partial charge in [0.05, 0.1) is 24.3 Å². The summed E-state index contributed by atoms with van der Waals surface area (Å²) in [7, 11) is 1.17. The number of ether oxygens (including phenoxy) is 1. The maximum atomic E-state index is 13.5. The monoisotopic (exact) mass is 370 g/mol. The van der Waals surface area contributed by atoms with E-state index in [0.29, 0.717) is 5.56 Å². The molecular formula is C18H21F3N2O3. The number of nitrogens with zero attached hydrogens (tertiary/aromatic N) is 2. The van der Waals surface area contributed by atoms with Crippen LogP contribution in [0.2, 0.25) is 0 Å². The van der Waals surface area contributed by atoms with E-state index >= 15 is 0 Å². The highest BCUT2D eigenvalue weighted by Crippen LogP contribution is 2.43. The minimum absolute atomic E-state index is 0.0693. The lowest BCUT2D eigenvalue weighted by atomic mass is 9.84. The zero-order valence-corrected chi connectivity index (χ0v) is 15.2. The number of alkyl halides is 3. The van der Waals surface area contributed by atoms with Crippen molar-refractivity contribution < 1.29 is 27.5 Å². The van der Waals surface area contributed by atoms with Gasteiger partial charge >= 0.3 is 12.1 Å². The van der Waals surface area contributed by atoms with Gasteiger partial charge in [-0.05, 0) is 27.7 Å². The van der Waals surface area contributed by atoms with Crippen LogP contribution in [0, 0.1) is 0 Å². The normalized spacial score (nSPS) is 19.2. The third kappa shape index (κ3) is 3.68. The lowest BCUT2D eigenvalue weighted by Crippen LogP contribution is -2.54. The first-order valence-electron chi connectivity index (χ1n) is 7.90. The number of esters is 1. The quantitative estimate of drug-likeness (QED) is 0.457. The number of aliphatic imine (C=N–C) groups is 1. The molecule has 0 saturated heterocycles. The number of benzene rings is 1. The van der Waals surface area contributed by atoms with Gasteiger partial charge in [0.1, 0.15) is 0 Å². The molecule has 0 unspecified atom stereocenters. The molecule has 0 amide bonds. The van der Waals surface area contributed by atoms with Crippen LogP contribution in [0.1, 0.15) is 33.3 Å². The highest BCUT2D eigenvalue weighted by Gasteiger charge is 2.58. The van der Waals surface area contributed by atoms with E-state index in [9.17, 15) is 18.0 Å². The minimum atomic E-state index is -4.71. The fourth-order valence-electron chi connectivity index (χ4n) is 2.33. The summed E-state index contributed by atoms with van der Waals surface area (Å²) in [6.45, 7) is 6.37. The van der Waals surface area contributed by atoms with Crippen molar-refractivity contribution in [2.24, 2.45) is 4.99 Å². The van der Waals surface area contributed by atoms with Crippen molar-refractivity contribution in [1.82, 2.24) is 5.06 Å². The SMILES string of the molecule is COC(=O)/C=C(/ON1C(C(F)(F)F)=NC(C)(C)C1(C)C)c1ccccc1. The summed E-state index contributed by atoms with van der Waals surface area (Å²) in [4.78, 5) is 21.1. The van der Waals surface area contributed by atoms with Crippen molar-refractivity contribution >= 4 is 17.6 Å². The molecule has 0 fully saturated rings. The molecule has 0 spiro atoms. The van der Waals surface area contributed by atoms with Crippen LogP contribution in [0.25, 0.3) is 5.76 Å². The van der Waals surface area contributed by atoms with E-state index in [1.807, 2.05) is 0 Å². The van der Waals surface area contributed by atoms with Crippen molar-refractivity contribution in [3.05, 3.63) is 42.0 Å². The standard InChI is InChI=1S/C18H21F3N2O3/c1-16(2)17(3,4)23(15(22-16)18(19,20)21)26-13(11-14(24)25-5)12-9-7-6-8-10-12/h6-11H,1-5H3/b13-11+. The summed E-state index contributed by atoms with van der Waals surface area (Å²) < 4.78 is 45.1. The van der Waals surface area contributed by atoms with Gasteiger partial charge in [0.15, 0.2) is 5.76 Å². The van der Waals surface area contributed by atoms with Crippen LogP contribution in [-0.2, 0) is 14.4 Å². The predicted octanol–water partition coefficient (Wildman–Crippen LogP) is 3.97. The summed E-state index contributed by atoms with van der Waals surface area (Å²) in [5, 5.41) is 0.717. The number of rotatable bonds is 4. The Bertz CT molecular complexity index is 738. The third-order valence-electron chi connectivity index (χ3n) is 4.53. The van der Waals surface area contributed by atoms with Crippen molar-refractivity contribution in [3.63, 3.8) is 0 Å². The van der Waals surface area contributed by atoms with E-state index in [0.717, 1.165) is 11.1 Å². The van der Waals surface area contributed by atoms with Crippen molar-refractivity contribution in [1.29, 1.82) is 0 Å². The Hall–Kier alpha value is -2.51. The molecule has 0 N–H and O–H groups in total. The van der Waals surface area contributed by atoms with E-state index < -0.39 is 29.1 Å². The number of carbonyl (C=O) groups is 1. The van der Waals surface area contributed by atoms with Gasteiger partial charge in [-0.3, -0.25) is 4.99 Å². The number of amidine groups is 1. The molecule has 142 valence electrons. The number of halogens is 3. The minimum Gasteiger partial charge on any atom is -0.466 e. The Labute approximate surface area is 150 Å². The summed E-state index contributed by atoms with van der Waals surface area (Å²) >= 11 is 0. The molecule has 8 heteroatoms. The van der Waals surface area contributed by atoms with Crippen LogP contribution in [0.3, 0.4) is 0 Å². The maximum Gasteiger partial charge on any atom is 0.452 e. The molecule has 0 radical (unpaired) electrons. The Balaban J connectivity index is 2.51. The van der Waals surface area contributed by atoms with E-state index in [1.54, 1.807) is 58.0 Å². The zero-order valence-electron chi connectivity index (χ0n) is 15.2. The van der Waals surface area contributed by atoms with Crippen LogP contribution in [0.4, 0.5) is 13.2 Å². The van der Waals surface area contributed by atoms with Gasteiger partial charge in [0.25, 0.3) is 0 Å². The molecule has 0 aromatic heterocycles. The summed E-state index contributed by atoms with van der Waals surface area (Å²) in [5.74, 6) is -1.97. The molecule has 0 aliphatic carbocycles. The highest BCUT2D eigenvalue weighted by atomic mass is 19.4. The molecule has 5 nitrogen and oxygen atoms in total. The van der Waals surface area contributed by atoms with Crippen molar-refractivity contribution in [2.45, 2.75) is 44.9 Å². The zero-order chi connectivity index (χ0) is 19.8. The fourth-order valence-corrected chi connectivity index (χ4v) is 2.33. The lowest BCUT2D eigenvalue weighted by molar-refractivity contribution is -0.139. The van der Waals surface area contributed by atoms with Gasteiger partial charge in [0, 0.05) is 5.56 Å². The van der Waals surface area contributed by atoms with Crippen molar-refractivity contribution in [2.75, 3.05) is 7.11 Å². The number of methoxy groups -OCH3 is 1. The van der Waals surface area contributed by atoms with E-state index in [1.165, 1.54) is 7.11 Å². The predicted molar refractivity (Wildman–Crippen MR) is 91.0 cm³/mol. The molecule has 1 heterocycles. The first-order valence-corrected chi connectivity index (χ1v) is 7.90. The Morgan fingerprint density at radius 3 is 2.23 bits per heavy atom. The molecule has 26 heavy (non-hydrogen) atoms. The van der Waals surface area contributed by atoms with Crippen LogP contribution >= 0.6 is 0 Å². The molecule has 0 saturated carbocycles. The second-order valence-corrected chi connectivity index (χ2v) is 6.83. The lowest BCUT2D eigenvalue weighted by Gasteiger charge is -2.40. The Kier molecular flexibility index (Phi) is 5.07. The van der Waals surface area contributed by atoms with Crippen LogP contribution in [0.5, 0.6) is 0 Å². The van der Waals surface area contributed by atoms with Gasteiger partial charge in [-0.25, -0.2) is 4.79 Å². The number of hydroxylamine groups is 2. The molecular weight excluding hydrogens is 349 g/mol. The smallest absolute Gasteiger partial charge is 0.452 e. The van der Waals surface area contributed by atoms with Crippen LogP contribution in [-0.4, -0.2) is 41.2 Å². The van der Waals surface area contributed by atoms with Crippen LogP contribution in [0.15, 0.2) is 41.4 Å². The second kappa shape index (κ2) is 6.66. The average molecular weight is 370 g/mol. The summed E-state index contributed by atoms with van der Waals surface area (Å²) in [6.07, 6.45) is -3.71. The van der Waals surface area contributed by atoms with Gasteiger partial charge in [-0.15, -0.1) is 0 Å². The molecule has 1 aromatic carbocycles. The largest absolute Gasteiger partial charge is 0.466 e. The summed E-state index contributed by atoms with van der Waals surface area (Å²) in [6, 6.07) is 8.34. The van der Waals surface area contributed by atoms with Gasteiger partial charge in [0.2, 0.25) is 5.84 Å². The summed E-state index contributed by atoms with van der Waals surface area (Å²) in [5.41, 5.74) is -1.76. The fraction of sp³-hybridized carbons (Fsp3) is 0.444. The van der Waals surface area contributed by atoms with E-state index in [2.05, 4.69) is 9.73 Å². The molecule has 0 bridgehead atoms. The first kappa shape index (κ1) is 19.8. The van der Waals surface area contributed by atoms with Crippen molar-refractivity contribution in [3.8, 4) is 0 Å². The van der Waals surface area contributed by atoms with Gasteiger partial charge < -0.3 is 9.57 Å². The second-order valence-electron chi connectivity index (χ2n) is 6.83. The molecule has 1 aliphatic rings. The molecule has 1 aromatic rings. The molecule has 0 atom stereocenters. The first-order chi connectivity index (χ1) is 11.9. The maximum absolute atomic E-state index is 13.5.